The van der Waals surface area contributed by atoms with Gasteiger partial charge >= 0.3 is 0 Å². The van der Waals surface area contributed by atoms with Crippen LogP contribution in [0.1, 0.15) is 49.3 Å². The second-order valence-corrected chi connectivity index (χ2v) is 7.69. The number of aromatic nitrogens is 3. The lowest BCUT2D eigenvalue weighted by Gasteiger charge is -2.27. The molecule has 3 heterocycles. The molecule has 0 spiro atoms. The average Bonchev–Trinajstić information content (AvgIpc) is 3.13. The molecule has 0 radical (unpaired) electrons. The second-order valence-electron chi connectivity index (χ2n) is 7.69. The van der Waals surface area contributed by atoms with Gasteiger partial charge < -0.3 is 15.0 Å². The molecule has 1 amide bonds. The summed E-state index contributed by atoms with van der Waals surface area (Å²) in [6.07, 6.45) is 3.29. The Morgan fingerprint density at radius 3 is 2.67 bits per heavy atom. The van der Waals surface area contributed by atoms with Gasteiger partial charge in [-0.05, 0) is 70.8 Å². The predicted octanol–water partition coefficient (Wildman–Crippen LogP) is 2.33. The topological polar surface area (TPSA) is 72.3 Å². The summed E-state index contributed by atoms with van der Waals surface area (Å²) in [7, 11) is 0. The molecule has 0 aliphatic carbocycles. The first-order valence-corrected chi connectivity index (χ1v) is 9.77. The van der Waals surface area contributed by atoms with Gasteiger partial charge in [0.25, 0.3) is 5.91 Å². The van der Waals surface area contributed by atoms with Crippen molar-refractivity contribution in [3.05, 3.63) is 35.7 Å². The molecule has 2 saturated heterocycles. The third-order valence-corrected chi connectivity index (χ3v) is 5.44. The molecule has 1 aromatic heterocycles. The molecule has 4 rings (SSSR count). The molecule has 1 aromatic carbocycles. The lowest BCUT2D eigenvalue weighted by molar-refractivity contribution is 0.0673. The van der Waals surface area contributed by atoms with E-state index in [1.54, 1.807) is 4.68 Å². The molecule has 2 fully saturated rings. The Morgan fingerprint density at radius 2 is 1.93 bits per heavy atom. The van der Waals surface area contributed by atoms with Gasteiger partial charge in [-0.25, -0.2) is 4.68 Å². The summed E-state index contributed by atoms with van der Waals surface area (Å²) in [6, 6.07) is 8.29. The van der Waals surface area contributed by atoms with Crippen LogP contribution in [-0.4, -0.2) is 57.1 Å². The van der Waals surface area contributed by atoms with E-state index in [0.29, 0.717) is 11.7 Å². The Hall–Kier alpha value is -2.41. The summed E-state index contributed by atoms with van der Waals surface area (Å²) in [6.45, 7) is 7.75. The summed E-state index contributed by atoms with van der Waals surface area (Å²) >= 11 is 0. The number of rotatable bonds is 4. The fourth-order valence-corrected chi connectivity index (χ4v) is 4.15. The lowest BCUT2D eigenvalue weighted by atomic mass is 10.1. The normalized spacial score (nSPS) is 22.1. The molecular weight excluding hydrogens is 342 g/mol. The zero-order valence-electron chi connectivity index (χ0n) is 16.2. The van der Waals surface area contributed by atoms with Crippen LogP contribution < -0.4 is 10.1 Å². The van der Waals surface area contributed by atoms with Crippen LogP contribution in [0.2, 0.25) is 0 Å². The monoisotopic (exact) mass is 369 g/mol. The molecule has 1 N–H and O–H groups in total. The van der Waals surface area contributed by atoms with Crippen LogP contribution in [0.25, 0.3) is 5.69 Å². The van der Waals surface area contributed by atoms with Gasteiger partial charge in [0.2, 0.25) is 0 Å². The second kappa shape index (κ2) is 7.31. The first-order valence-electron chi connectivity index (χ1n) is 9.77. The van der Waals surface area contributed by atoms with E-state index in [1.807, 2.05) is 49.9 Å². The number of hydrogen-bond acceptors (Lipinski definition) is 5. The number of carbonyl (C=O) groups excluding carboxylic acids is 1. The highest BCUT2D eigenvalue weighted by Crippen LogP contribution is 2.30. The van der Waals surface area contributed by atoms with Crippen molar-refractivity contribution < 1.29 is 9.53 Å². The molecule has 2 aliphatic rings. The van der Waals surface area contributed by atoms with Crippen LogP contribution in [0.3, 0.4) is 0 Å². The van der Waals surface area contributed by atoms with E-state index < -0.39 is 0 Å². The van der Waals surface area contributed by atoms with Crippen molar-refractivity contribution in [2.24, 2.45) is 0 Å². The van der Waals surface area contributed by atoms with Gasteiger partial charge in [0.1, 0.15) is 5.75 Å². The van der Waals surface area contributed by atoms with Crippen molar-refractivity contribution in [1.29, 1.82) is 0 Å². The van der Waals surface area contributed by atoms with Gasteiger partial charge in [0, 0.05) is 18.6 Å². The van der Waals surface area contributed by atoms with Crippen LogP contribution in [0.5, 0.6) is 5.75 Å². The number of amides is 1. The SMILES string of the molecule is Cc1c(C(=O)N2C3CCNCC2CC3)nnn1-c1ccc(OC(C)C)cc1. The highest BCUT2D eigenvalue weighted by molar-refractivity contribution is 5.94. The number of ether oxygens (including phenoxy) is 1. The Balaban J connectivity index is 1.58. The molecule has 2 bridgehead atoms. The predicted molar refractivity (Wildman–Crippen MR) is 102 cm³/mol. The fraction of sp³-hybridized carbons (Fsp3) is 0.550. The molecule has 2 atom stereocenters. The Morgan fingerprint density at radius 1 is 1.19 bits per heavy atom. The van der Waals surface area contributed by atoms with E-state index in [2.05, 4.69) is 15.6 Å². The zero-order chi connectivity index (χ0) is 19.0. The van der Waals surface area contributed by atoms with Crippen LogP contribution in [-0.2, 0) is 0 Å². The maximum absolute atomic E-state index is 13.2. The first kappa shape index (κ1) is 18.0. The summed E-state index contributed by atoms with van der Waals surface area (Å²) < 4.78 is 7.41. The number of hydrogen-bond donors (Lipinski definition) is 1. The summed E-state index contributed by atoms with van der Waals surface area (Å²) in [5, 5.41) is 11.9. The number of carbonyl (C=O) groups is 1. The van der Waals surface area contributed by atoms with E-state index in [4.69, 9.17) is 4.74 Å². The van der Waals surface area contributed by atoms with Crippen molar-refractivity contribution in [2.75, 3.05) is 13.1 Å². The first-order chi connectivity index (χ1) is 13.0. The largest absolute Gasteiger partial charge is 0.491 e. The number of nitrogens with one attached hydrogen (secondary N) is 1. The summed E-state index contributed by atoms with van der Waals surface area (Å²) in [5.74, 6) is 0.825. The summed E-state index contributed by atoms with van der Waals surface area (Å²) in [5.41, 5.74) is 2.10. The smallest absolute Gasteiger partial charge is 0.276 e. The van der Waals surface area contributed by atoms with Gasteiger partial charge in [0.05, 0.1) is 17.5 Å². The van der Waals surface area contributed by atoms with E-state index in [1.165, 1.54) is 0 Å². The molecule has 2 aromatic rings. The van der Waals surface area contributed by atoms with E-state index in [0.717, 1.165) is 49.5 Å². The minimum absolute atomic E-state index is 0.00899. The van der Waals surface area contributed by atoms with Crippen molar-refractivity contribution in [2.45, 2.75) is 58.2 Å². The maximum atomic E-state index is 13.2. The quantitative estimate of drug-likeness (QED) is 0.896. The molecule has 0 saturated carbocycles. The van der Waals surface area contributed by atoms with E-state index in [9.17, 15) is 4.79 Å². The maximum Gasteiger partial charge on any atom is 0.276 e. The van der Waals surface area contributed by atoms with Crippen LogP contribution >= 0.6 is 0 Å². The van der Waals surface area contributed by atoms with Gasteiger partial charge in [-0.15, -0.1) is 5.10 Å². The molecule has 7 nitrogen and oxygen atoms in total. The number of fused-ring (bicyclic) bond motifs is 2. The van der Waals surface area contributed by atoms with Crippen LogP contribution in [0.15, 0.2) is 24.3 Å². The molecule has 144 valence electrons. The van der Waals surface area contributed by atoms with Gasteiger partial charge in [-0.1, -0.05) is 5.21 Å². The van der Waals surface area contributed by atoms with Gasteiger partial charge in [-0.2, -0.15) is 0 Å². The van der Waals surface area contributed by atoms with Crippen molar-refractivity contribution >= 4 is 5.91 Å². The average molecular weight is 369 g/mol. The zero-order valence-corrected chi connectivity index (χ0v) is 16.2. The van der Waals surface area contributed by atoms with Crippen LogP contribution in [0.4, 0.5) is 0 Å². The molecule has 2 aliphatic heterocycles. The molecule has 2 unspecified atom stereocenters. The third kappa shape index (κ3) is 3.43. The van der Waals surface area contributed by atoms with Crippen molar-refractivity contribution in [1.82, 2.24) is 25.2 Å². The third-order valence-electron chi connectivity index (χ3n) is 5.44. The van der Waals surface area contributed by atoms with Gasteiger partial charge in [0.15, 0.2) is 5.69 Å². The Labute approximate surface area is 159 Å². The minimum Gasteiger partial charge on any atom is -0.491 e. The van der Waals surface area contributed by atoms with E-state index >= 15 is 0 Å². The Bertz CT molecular complexity index is 800. The molecular formula is C20H27N5O2. The molecule has 27 heavy (non-hydrogen) atoms. The Kier molecular flexibility index (Phi) is 4.86. The van der Waals surface area contributed by atoms with Crippen molar-refractivity contribution in [3.8, 4) is 11.4 Å². The highest BCUT2D eigenvalue weighted by Gasteiger charge is 2.39. The van der Waals surface area contributed by atoms with E-state index in [-0.39, 0.29) is 18.1 Å². The van der Waals surface area contributed by atoms with Gasteiger partial charge in [-0.3, -0.25) is 4.79 Å². The fourth-order valence-electron chi connectivity index (χ4n) is 4.15. The standard InChI is InChI=1S/C20H27N5O2/c1-13(2)27-18-8-6-16(7-9-18)25-14(3)19(22-23-25)20(26)24-15-4-5-17(24)12-21-11-10-15/h6-9,13,15,17,21H,4-5,10-12H2,1-3H3. The number of nitrogens with zero attached hydrogens (tertiary/aromatic N) is 4. The number of benzene rings is 1. The summed E-state index contributed by atoms with van der Waals surface area (Å²) in [4.78, 5) is 15.3. The minimum atomic E-state index is 0.00899. The lowest BCUT2D eigenvalue weighted by Crippen LogP contribution is -2.43. The van der Waals surface area contributed by atoms with Crippen LogP contribution in [0, 0.1) is 6.92 Å². The molecule has 7 heteroatoms. The van der Waals surface area contributed by atoms with Crippen molar-refractivity contribution in [3.63, 3.8) is 0 Å². The highest BCUT2D eigenvalue weighted by atomic mass is 16.5.